The molecule has 2 aromatic heterocycles. The van der Waals surface area contributed by atoms with Gasteiger partial charge in [0.05, 0.1) is 22.1 Å². The van der Waals surface area contributed by atoms with Gasteiger partial charge >= 0.3 is 5.97 Å². The summed E-state index contributed by atoms with van der Waals surface area (Å²) in [6.07, 6.45) is 0.207. The van der Waals surface area contributed by atoms with Crippen molar-refractivity contribution in [2.45, 2.75) is 19.9 Å². The van der Waals surface area contributed by atoms with Gasteiger partial charge in [0.2, 0.25) is 5.91 Å². The molecule has 1 amide bonds. The molecule has 32 heavy (non-hydrogen) atoms. The van der Waals surface area contributed by atoms with Crippen LogP contribution in [0.4, 0.5) is 5.69 Å². The molecule has 2 heterocycles. The van der Waals surface area contributed by atoms with Crippen molar-refractivity contribution in [1.82, 2.24) is 14.5 Å². The molecular formula is C25H20N4O3. The molecule has 0 atom stereocenters. The van der Waals surface area contributed by atoms with E-state index >= 15 is 0 Å². The Morgan fingerprint density at radius 2 is 1.69 bits per heavy atom. The molecular weight excluding hydrogens is 404 g/mol. The smallest absolute Gasteiger partial charge is 0.335 e. The van der Waals surface area contributed by atoms with Crippen molar-refractivity contribution in [3.8, 4) is 0 Å². The van der Waals surface area contributed by atoms with E-state index in [1.165, 1.54) is 12.1 Å². The molecule has 2 N–H and O–H groups in total. The molecule has 0 unspecified atom stereocenters. The summed E-state index contributed by atoms with van der Waals surface area (Å²) in [5.41, 5.74) is 5.58. The standard InChI is InChI=1S/C25H20N4O3/c1-15-10-11-16(25(31)32)14-20(15)26-22(30)12-13-29-21-9-5-2-6-17(21)23-24(29)28-19-8-4-3-7-18(19)27-23/h2-11,14H,12-13H2,1H3,(H,26,30)(H,31,32). The lowest BCUT2D eigenvalue weighted by Gasteiger charge is -2.11. The predicted molar refractivity (Wildman–Crippen MR) is 124 cm³/mol. The van der Waals surface area contributed by atoms with E-state index in [9.17, 15) is 14.7 Å². The molecule has 0 fully saturated rings. The van der Waals surface area contributed by atoms with Crippen molar-refractivity contribution in [3.63, 3.8) is 0 Å². The van der Waals surface area contributed by atoms with Crippen molar-refractivity contribution in [2.75, 3.05) is 5.32 Å². The fraction of sp³-hybridized carbons (Fsp3) is 0.120. The number of aromatic nitrogens is 3. The van der Waals surface area contributed by atoms with E-state index in [-0.39, 0.29) is 17.9 Å². The van der Waals surface area contributed by atoms with Gasteiger partial charge in [0.25, 0.3) is 0 Å². The molecule has 0 radical (unpaired) electrons. The number of fused-ring (bicyclic) bond motifs is 4. The van der Waals surface area contributed by atoms with Gasteiger partial charge in [-0.15, -0.1) is 0 Å². The van der Waals surface area contributed by atoms with Crippen molar-refractivity contribution >= 4 is 50.7 Å². The number of aryl methyl sites for hydroxylation is 2. The molecule has 5 aromatic rings. The molecule has 0 spiro atoms. The summed E-state index contributed by atoms with van der Waals surface area (Å²) in [4.78, 5) is 33.6. The second kappa shape index (κ2) is 7.77. The minimum Gasteiger partial charge on any atom is -0.478 e. The Hall–Kier alpha value is -4.26. The number of hydrogen-bond donors (Lipinski definition) is 2. The van der Waals surface area contributed by atoms with Crippen molar-refractivity contribution in [2.24, 2.45) is 0 Å². The lowest BCUT2D eigenvalue weighted by atomic mass is 10.1. The zero-order valence-electron chi connectivity index (χ0n) is 17.4. The number of benzene rings is 3. The first-order valence-electron chi connectivity index (χ1n) is 10.3. The first-order chi connectivity index (χ1) is 15.5. The third-order valence-corrected chi connectivity index (χ3v) is 5.58. The maximum Gasteiger partial charge on any atom is 0.335 e. The highest BCUT2D eigenvalue weighted by Gasteiger charge is 2.16. The van der Waals surface area contributed by atoms with Gasteiger partial charge in [-0.05, 0) is 42.8 Å². The summed E-state index contributed by atoms with van der Waals surface area (Å²) in [5, 5.41) is 13.0. The summed E-state index contributed by atoms with van der Waals surface area (Å²) in [6.45, 7) is 2.25. The van der Waals surface area contributed by atoms with Crippen LogP contribution in [0.15, 0.2) is 66.7 Å². The lowest BCUT2D eigenvalue weighted by molar-refractivity contribution is -0.116. The highest BCUT2D eigenvalue weighted by Crippen LogP contribution is 2.28. The first kappa shape index (κ1) is 19.7. The average molecular weight is 424 g/mol. The molecule has 0 bridgehead atoms. The largest absolute Gasteiger partial charge is 0.478 e. The van der Waals surface area contributed by atoms with Gasteiger partial charge in [-0.3, -0.25) is 4.79 Å². The molecule has 0 aliphatic carbocycles. The van der Waals surface area contributed by atoms with Crippen LogP contribution in [0.25, 0.3) is 33.1 Å². The molecule has 5 rings (SSSR count). The van der Waals surface area contributed by atoms with Crippen LogP contribution in [0, 0.1) is 6.92 Å². The molecule has 158 valence electrons. The number of rotatable bonds is 5. The summed E-state index contributed by atoms with van der Waals surface area (Å²) in [6, 6.07) is 20.4. The van der Waals surface area contributed by atoms with E-state index in [0.717, 1.165) is 38.7 Å². The molecule has 3 aromatic carbocycles. The van der Waals surface area contributed by atoms with E-state index in [2.05, 4.69) is 5.32 Å². The van der Waals surface area contributed by atoms with Gasteiger partial charge in [0.15, 0.2) is 5.65 Å². The summed E-state index contributed by atoms with van der Waals surface area (Å²) < 4.78 is 2.02. The van der Waals surface area contributed by atoms with Crippen LogP contribution in [0.5, 0.6) is 0 Å². The first-order valence-corrected chi connectivity index (χ1v) is 10.3. The van der Waals surface area contributed by atoms with Crippen molar-refractivity contribution in [3.05, 3.63) is 77.9 Å². The highest BCUT2D eigenvalue weighted by atomic mass is 16.4. The van der Waals surface area contributed by atoms with E-state index in [1.807, 2.05) is 60.0 Å². The average Bonchev–Trinajstić information content (AvgIpc) is 3.10. The lowest BCUT2D eigenvalue weighted by Crippen LogP contribution is -2.16. The van der Waals surface area contributed by atoms with Crippen LogP contribution in [-0.2, 0) is 11.3 Å². The molecule has 0 aliphatic rings. The van der Waals surface area contributed by atoms with Gasteiger partial charge in [-0.25, -0.2) is 14.8 Å². The van der Waals surface area contributed by atoms with Gasteiger partial charge in [-0.1, -0.05) is 36.4 Å². The number of aromatic carboxylic acids is 1. The van der Waals surface area contributed by atoms with Crippen molar-refractivity contribution in [1.29, 1.82) is 0 Å². The number of amides is 1. The Morgan fingerprint density at radius 1 is 0.969 bits per heavy atom. The number of nitrogens with one attached hydrogen (secondary N) is 1. The zero-order chi connectivity index (χ0) is 22.2. The fourth-order valence-electron chi connectivity index (χ4n) is 3.93. The Morgan fingerprint density at radius 3 is 2.47 bits per heavy atom. The SMILES string of the molecule is Cc1ccc(C(=O)O)cc1NC(=O)CCn1c2ccccc2c2nc3ccccc3nc21. The number of carboxylic acid groups (broad SMARTS) is 1. The van der Waals surface area contributed by atoms with E-state index in [0.29, 0.717) is 12.2 Å². The second-order valence-electron chi connectivity index (χ2n) is 7.69. The number of hydrogen-bond acceptors (Lipinski definition) is 4. The van der Waals surface area contributed by atoms with E-state index in [1.54, 1.807) is 6.07 Å². The molecule has 0 saturated heterocycles. The fourth-order valence-corrected chi connectivity index (χ4v) is 3.93. The van der Waals surface area contributed by atoms with Gasteiger partial charge < -0.3 is 15.0 Å². The van der Waals surface area contributed by atoms with E-state index in [4.69, 9.17) is 9.97 Å². The second-order valence-corrected chi connectivity index (χ2v) is 7.69. The van der Waals surface area contributed by atoms with Gasteiger partial charge in [0, 0.05) is 24.0 Å². The molecule has 7 heteroatoms. The zero-order valence-corrected chi connectivity index (χ0v) is 17.4. The van der Waals surface area contributed by atoms with Crippen LogP contribution >= 0.6 is 0 Å². The predicted octanol–water partition coefficient (Wildman–Crippen LogP) is 4.77. The number of carbonyl (C=O) groups excluding carboxylic acids is 1. The number of para-hydroxylation sites is 3. The molecule has 0 saturated carbocycles. The summed E-state index contributed by atoms with van der Waals surface area (Å²) in [5.74, 6) is -1.23. The Labute approximate surface area is 183 Å². The highest BCUT2D eigenvalue weighted by molar-refractivity contribution is 6.06. The summed E-state index contributed by atoms with van der Waals surface area (Å²) in [7, 11) is 0. The quantitative estimate of drug-likeness (QED) is 0.423. The minimum absolute atomic E-state index is 0.135. The Bertz CT molecular complexity index is 1520. The maximum absolute atomic E-state index is 12.7. The van der Waals surface area contributed by atoms with E-state index < -0.39 is 5.97 Å². The number of carbonyl (C=O) groups is 2. The topological polar surface area (TPSA) is 97.1 Å². The minimum atomic E-state index is -1.03. The van der Waals surface area contributed by atoms with Crippen LogP contribution in [-0.4, -0.2) is 31.5 Å². The third kappa shape index (κ3) is 3.43. The number of nitrogens with zero attached hydrogens (tertiary/aromatic N) is 3. The maximum atomic E-state index is 12.7. The summed E-state index contributed by atoms with van der Waals surface area (Å²) >= 11 is 0. The monoisotopic (exact) mass is 424 g/mol. The number of carboxylic acids is 1. The molecule has 7 nitrogen and oxygen atoms in total. The Kier molecular flexibility index (Phi) is 4.78. The third-order valence-electron chi connectivity index (χ3n) is 5.58. The van der Waals surface area contributed by atoms with Crippen LogP contribution in [0.2, 0.25) is 0 Å². The normalized spacial score (nSPS) is 11.3. The van der Waals surface area contributed by atoms with Crippen LogP contribution in [0.3, 0.4) is 0 Å². The van der Waals surface area contributed by atoms with Crippen LogP contribution in [0.1, 0.15) is 22.3 Å². The Balaban J connectivity index is 1.47. The molecule has 0 aliphatic heterocycles. The van der Waals surface area contributed by atoms with Crippen molar-refractivity contribution < 1.29 is 14.7 Å². The van der Waals surface area contributed by atoms with Gasteiger partial charge in [0.1, 0.15) is 5.52 Å². The van der Waals surface area contributed by atoms with Gasteiger partial charge in [-0.2, -0.15) is 0 Å². The number of anilines is 1. The van der Waals surface area contributed by atoms with Crippen LogP contribution < -0.4 is 5.32 Å².